The van der Waals surface area contributed by atoms with Gasteiger partial charge in [0.1, 0.15) is 11.5 Å². The summed E-state index contributed by atoms with van der Waals surface area (Å²) in [5.41, 5.74) is 0.541. The molecular weight excluding hydrogens is 238 g/mol. The van der Waals surface area contributed by atoms with E-state index < -0.39 is 5.97 Å². The van der Waals surface area contributed by atoms with Gasteiger partial charge < -0.3 is 20.3 Å². The molecular formula is C12H15NO5. The van der Waals surface area contributed by atoms with Gasteiger partial charge in [-0.2, -0.15) is 0 Å². The van der Waals surface area contributed by atoms with Crippen LogP contribution in [-0.4, -0.2) is 29.2 Å². The van der Waals surface area contributed by atoms with Crippen LogP contribution in [0.15, 0.2) is 18.2 Å². The average Bonchev–Trinajstić information content (AvgIpc) is 2.34. The van der Waals surface area contributed by atoms with E-state index in [2.05, 4.69) is 5.32 Å². The van der Waals surface area contributed by atoms with Crippen molar-refractivity contribution in [3.8, 4) is 11.5 Å². The highest BCUT2D eigenvalue weighted by Crippen LogP contribution is 2.23. The molecule has 0 aliphatic carbocycles. The minimum atomic E-state index is -1.02. The zero-order chi connectivity index (χ0) is 13.5. The van der Waals surface area contributed by atoms with Gasteiger partial charge in [0, 0.05) is 24.6 Å². The Bertz CT molecular complexity index is 444. The van der Waals surface area contributed by atoms with Crippen molar-refractivity contribution in [1.29, 1.82) is 0 Å². The predicted molar refractivity (Wildman–Crippen MR) is 63.4 cm³/mol. The molecule has 6 nitrogen and oxygen atoms in total. The van der Waals surface area contributed by atoms with Crippen molar-refractivity contribution >= 4 is 11.9 Å². The summed E-state index contributed by atoms with van der Waals surface area (Å²) in [5.74, 6) is -0.841. The number of phenolic OH excluding ortho intramolecular Hbond substituents is 1. The SMILES string of the molecule is COc1ccc(CNC(=O)CCC(=O)O)c(O)c1. The zero-order valence-corrected chi connectivity index (χ0v) is 9.97. The number of carboxylic acids is 1. The number of carbonyl (C=O) groups is 2. The first-order valence-electron chi connectivity index (χ1n) is 5.37. The molecule has 0 radical (unpaired) electrons. The number of hydrogen-bond donors (Lipinski definition) is 3. The van der Waals surface area contributed by atoms with Gasteiger partial charge in [-0.05, 0) is 12.1 Å². The first kappa shape index (κ1) is 13.8. The molecule has 98 valence electrons. The number of carboxylic acid groups (broad SMARTS) is 1. The zero-order valence-electron chi connectivity index (χ0n) is 9.97. The molecule has 1 amide bonds. The quantitative estimate of drug-likeness (QED) is 0.699. The fourth-order valence-electron chi connectivity index (χ4n) is 1.32. The van der Waals surface area contributed by atoms with Crippen molar-refractivity contribution in [1.82, 2.24) is 5.32 Å². The number of benzene rings is 1. The van der Waals surface area contributed by atoms with E-state index in [1.807, 2.05) is 0 Å². The Morgan fingerprint density at radius 1 is 1.33 bits per heavy atom. The lowest BCUT2D eigenvalue weighted by Gasteiger charge is -2.08. The average molecular weight is 253 g/mol. The molecule has 0 aliphatic heterocycles. The van der Waals surface area contributed by atoms with Crippen molar-refractivity contribution in [2.45, 2.75) is 19.4 Å². The number of aliphatic carboxylic acids is 1. The topological polar surface area (TPSA) is 95.9 Å². The normalized spacial score (nSPS) is 9.83. The molecule has 0 saturated heterocycles. The van der Waals surface area contributed by atoms with Gasteiger partial charge in [0.25, 0.3) is 0 Å². The van der Waals surface area contributed by atoms with Crippen LogP contribution in [0.5, 0.6) is 11.5 Å². The van der Waals surface area contributed by atoms with Crippen molar-refractivity contribution in [2.75, 3.05) is 7.11 Å². The molecule has 0 aromatic heterocycles. The molecule has 18 heavy (non-hydrogen) atoms. The Morgan fingerprint density at radius 3 is 2.61 bits per heavy atom. The Kier molecular flexibility index (Phi) is 4.98. The third-order valence-electron chi connectivity index (χ3n) is 2.33. The monoisotopic (exact) mass is 253 g/mol. The third kappa shape index (κ3) is 4.32. The molecule has 0 spiro atoms. The third-order valence-corrected chi connectivity index (χ3v) is 2.33. The maximum Gasteiger partial charge on any atom is 0.303 e. The van der Waals surface area contributed by atoms with E-state index in [4.69, 9.17) is 9.84 Å². The summed E-state index contributed by atoms with van der Waals surface area (Å²) in [6.45, 7) is 0.147. The van der Waals surface area contributed by atoms with Crippen LogP contribution in [0, 0.1) is 0 Å². The predicted octanol–water partition coefficient (Wildman–Crippen LogP) is 0.882. The van der Waals surface area contributed by atoms with Crippen molar-refractivity contribution in [3.63, 3.8) is 0 Å². The molecule has 3 N–H and O–H groups in total. The molecule has 0 atom stereocenters. The fourth-order valence-corrected chi connectivity index (χ4v) is 1.32. The second-order valence-corrected chi connectivity index (χ2v) is 3.67. The van der Waals surface area contributed by atoms with Crippen LogP contribution < -0.4 is 10.1 Å². The number of hydrogen-bond acceptors (Lipinski definition) is 4. The molecule has 1 aromatic rings. The highest BCUT2D eigenvalue weighted by molar-refractivity contribution is 5.80. The van der Waals surface area contributed by atoms with Gasteiger partial charge in [-0.15, -0.1) is 0 Å². The summed E-state index contributed by atoms with van der Waals surface area (Å²) in [6.07, 6.45) is -0.285. The largest absolute Gasteiger partial charge is 0.507 e. The van der Waals surface area contributed by atoms with Gasteiger partial charge in [-0.3, -0.25) is 9.59 Å². The van der Waals surface area contributed by atoms with Crippen LogP contribution in [0.1, 0.15) is 18.4 Å². The number of aromatic hydroxyl groups is 1. The Labute approximate surface area is 104 Å². The van der Waals surface area contributed by atoms with Crippen molar-refractivity contribution in [3.05, 3.63) is 23.8 Å². The summed E-state index contributed by atoms with van der Waals surface area (Å²) in [7, 11) is 1.49. The van der Waals surface area contributed by atoms with E-state index in [9.17, 15) is 14.7 Å². The van der Waals surface area contributed by atoms with Crippen molar-refractivity contribution in [2.24, 2.45) is 0 Å². The maximum atomic E-state index is 11.3. The Morgan fingerprint density at radius 2 is 2.06 bits per heavy atom. The molecule has 0 unspecified atom stereocenters. The van der Waals surface area contributed by atoms with Crippen molar-refractivity contribution < 1.29 is 24.5 Å². The number of nitrogens with one attached hydrogen (secondary N) is 1. The highest BCUT2D eigenvalue weighted by Gasteiger charge is 2.07. The minimum Gasteiger partial charge on any atom is -0.507 e. The van der Waals surface area contributed by atoms with E-state index in [1.165, 1.54) is 13.2 Å². The lowest BCUT2D eigenvalue weighted by atomic mass is 10.2. The lowest BCUT2D eigenvalue weighted by molar-refractivity contribution is -0.138. The van der Waals surface area contributed by atoms with E-state index in [0.717, 1.165) is 0 Å². The molecule has 0 aliphatic rings. The Balaban J connectivity index is 2.48. The molecule has 6 heteroatoms. The molecule has 1 rings (SSSR count). The summed E-state index contributed by atoms with van der Waals surface area (Å²) in [5, 5.41) is 20.6. The number of carbonyl (C=O) groups excluding carboxylic acids is 1. The minimum absolute atomic E-state index is 0.0212. The number of rotatable bonds is 6. The van der Waals surface area contributed by atoms with E-state index in [0.29, 0.717) is 11.3 Å². The van der Waals surface area contributed by atoms with Crippen LogP contribution in [0.4, 0.5) is 0 Å². The molecule has 1 aromatic carbocycles. The van der Waals surface area contributed by atoms with Gasteiger partial charge in [-0.1, -0.05) is 0 Å². The van der Waals surface area contributed by atoms with Crippen LogP contribution in [0.25, 0.3) is 0 Å². The standard InChI is InChI=1S/C12H15NO5/c1-18-9-3-2-8(10(14)6-9)7-13-11(15)4-5-12(16)17/h2-3,6,14H,4-5,7H2,1H3,(H,13,15)(H,16,17). The molecule has 0 heterocycles. The van der Waals surface area contributed by atoms with Gasteiger partial charge in [0.2, 0.25) is 5.91 Å². The summed E-state index contributed by atoms with van der Waals surface area (Å²) < 4.78 is 4.93. The van der Waals surface area contributed by atoms with Crippen LogP contribution in [-0.2, 0) is 16.1 Å². The van der Waals surface area contributed by atoms with Gasteiger partial charge in [0.05, 0.1) is 13.5 Å². The number of amides is 1. The second-order valence-electron chi connectivity index (χ2n) is 3.67. The summed E-state index contributed by atoms with van der Waals surface area (Å²) in [6, 6.07) is 4.74. The van der Waals surface area contributed by atoms with Gasteiger partial charge >= 0.3 is 5.97 Å². The van der Waals surface area contributed by atoms with Crippen LogP contribution >= 0.6 is 0 Å². The molecule has 0 saturated carbocycles. The number of ether oxygens (including phenoxy) is 1. The van der Waals surface area contributed by atoms with E-state index in [-0.39, 0.29) is 31.0 Å². The van der Waals surface area contributed by atoms with E-state index in [1.54, 1.807) is 12.1 Å². The lowest BCUT2D eigenvalue weighted by Crippen LogP contribution is -2.23. The highest BCUT2D eigenvalue weighted by atomic mass is 16.5. The first-order chi connectivity index (χ1) is 8.52. The maximum absolute atomic E-state index is 11.3. The second kappa shape index (κ2) is 6.48. The summed E-state index contributed by atoms with van der Waals surface area (Å²) in [4.78, 5) is 21.5. The van der Waals surface area contributed by atoms with Gasteiger partial charge in [0.15, 0.2) is 0 Å². The smallest absolute Gasteiger partial charge is 0.303 e. The fraction of sp³-hybridized carbons (Fsp3) is 0.333. The number of methoxy groups -OCH3 is 1. The Hall–Kier alpha value is -2.24. The van der Waals surface area contributed by atoms with E-state index >= 15 is 0 Å². The number of phenols is 1. The molecule has 0 bridgehead atoms. The summed E-state index contributed by atoms with van der Waals surface area (Å²) >= 11 is 0. The van der Waals surface area contributed by atoms with Crippen LogP contribution in [0.3, 0.4) is 0 Å². The van der Waals surface area contributed by atoms with Gasteiger partial charge in [-0.25, -0.2) is 0 Å². The van der Waals surface area contributed by atoms with Crippen LogP contribution in [0.2, 0.25) is 0 Å². The molecule has 0 fully saturated rings. The first-order valence-corrected chi connectivity index (χ1v) is 5.37.